The standard InChI is InChI=1S/C79H154O17P2/c1-7-9-11-13-15-17-18-19-20-21-22-23-24-25-26-34-39-45-51-57-63-78(83)96-75(68-90-77(82)62-56-50-44-38-33-29-27-31-36-41-47-53-59-71(3)4)70-94-98(87,88)92-66-73(80)65-91-97(85,86)93-69-74(67-89-76(81)61-55-49-43-16-14-12-10-8-2)95-79(84)64-58-52-46-40-35-30-28-32-37-42-48-54-60-72(5)6/h71-75,80H,7-70H2,1-6H3,(H,85,86)(H,87,88)/t73-,74+,75+/m0/s1. The molecular formula is C79H154O17P2. The summed E-state index contributed by atoms with van der Waals surface area (Å²) in [6.07, 6.45) is 59.7. The van der Waals surface area contributed by atoms with Crippen molar-refractivity contribution in [3.63, 3.8) is 0 Å². The lowest BCUT2D eigenvalue weighted by molar-refractivity contribution is -0.161. The number of unbranched alkanes of at least 4 members (excludes halogenated alkanes) is 48. The van der Waals surface area contributed by atoms with Crippen LogP contribution in [0.2, 0.25) is 0 Å². The topological polar surface area (TPSA) is 237 Å². The van der Waals surface area contributed by atoms with E-state index in [4.69, 9.17) is 37.0 Å². The predicted molar refractivity (Wildman–Crippen MR) is 400 cm³/mol. The lowest BCUT2D eigenvalue weighted by atomic mass is 10.0. The van der Waals surface area contributed by atoms with Crippen molar-refractivity contribution in [1.82, 2.24) is 0 Å². The molecule has 0 bridgehead atoms. The molecular weight excluding hydrogens is 1280 g/mol. The molecule has 0 spiro atoms. The molecule has 3 N–H and O–H groups in total. The Balaban J connectivity index is 5.20. The number of carbonyl (C=O) groups excluding carboxylic acids is 4. The minimum Gasteiger partial charge on any atom is -0.462 e. The number of ether oxygens (including phenoxy) is 4. The molecule has 0 aliphatic rings. The van der Waals surface area contributed by atoms with Gasteiger partial charge in [0.1, 0.15) is 19.3 Å². The number of aliphatic hydroxyl groups is 1. The monoisotopic (exact) mass is 1440 g/mol. The van der Waals surface area contributed by atoms with Gasteiger partial charge in [-0.25, -0.2) is 9.13 Å². The highest BCUT2D eigenvalue weighted by Gasteiger charge is 2.30. The first kappa shape index (κ1) is 96.1. The van der Waals surface area contributed by atoms with Gasteiger partial charge < -0.3 is 33.8 Å². The van der Waals surface area contributed by atoms with Crippen molar-refractivity contribution < 1.29 is 80.2 Å². The van der Waals surface area contributed by atoms with Crippen molar-refractivity contribution in [2.24, 2.45) is 11.8 Å². The Hall–Kier alpha value is -1.94. The van der Waals surface area contributed by atoms with Crippen molar-refractivity contribution in [3.05, 3.63) is 0 Å². The van der Waals surface area contributed by atoms with E-state index in [0.29, 0.717) is 25.7 Å². The smallest absolute Gasteiger partial charge is 0.462 e. The fraction of sp³-hybridized carbons (Fsp3) is 0.949. The zero-order valence-electron chi connectivity index (χ0n) is 64.1. The number of esters is 4. The maximum Gasteiger partial charge on any atom is 0.472 e. The van der Waals surface area contributed by atoms with Gasteiger partial charge in [-0.3, -0.25) is 37.3 Å². The van der Waals surface area contributed by atoms with E-state index in [2.05, 4.69) is 41.5 Å². The van der Waals surface area contributed by atoms with E-state index in [1.54, 1.807) is 0 Å². The third-order valence-corrected chi connectivity index (χ3v) is 20.4. The van der Waals surface area contributed by atoms with Crippen LogP contribution in [-0.2, 0) is 65.4 Å². The molecule has 0 fully saturated rings. The number of phosphoric ester groups is 2. The third kappa shape index (κ3) is 72.4. The average Bonchev–Trinajstić information content (AvgIpc) is 1.20. The average molecular weight is 1440 g/mol. The largest absolute Gasteiger partial charge is 0.472 e. The van der Waals surface area contributed by atoms with E-state index in [0.717, 1.165) is 108 Å². The zero-order valence-corrected chi connectivity index (χ0v) is 65.9. The maximum absolute atomic E-state index is 13.1. The second-order valence-electron chi connectivity index (χ2n) is 29.4. The summed E-state index contributed by atoms with van der Waals surface area (Å²) >= 11 is 0. The minimum absolute atomic E-state index is 0.107. The van der Waals surface area contributed by atoms with Crippen LogP contribution in [-0.4, -0.2) is 96.7 Å². The quantitative estimate of drug-likeness (QED) is 0.0222. The second-order valence-corrected chi connectivity index (χ2v) is 32.3. The Morgan fingerprint density at radius 1 is 0.276 bits per heavy atom. The van der Waals surface area contributed by atoms with Crippen LogP contribution >= 0.6 is 15.6 Å². The first-order valence-electron chi connectivity index (χ1n) is 41.0. The lowest BCUT2D eigenvalue weighted by Gasteiger charge is -2.21. The molecule has 17 nitrogen and oxygen atoms in total. The molecule has 0 aromatic carbocycles. The van der Waals surface area contributed by atoms with Gasteiger partial charge in [0.05, 0.1) is 26.4 Å². The SMILES string of the molecule is CCCCCCCCCCCCCCCCCCCCCCC(=O)O[C@H](COC(=O)CCCCCCCCCCCCCCC(C)C)COP(=O)(O)OC[C@@H](O)COP(=O)(O)OC[C@@H](COC(=O)CCCCCCCCCC)OC(=O)CCCCCCCCCCCCCCC(C)C. The summed E-state index contributed by atoms with van der Waals surface area (Å²) in [6, 6.07) is 0. The number of hydrogen-bond donors (Lipinski definition) is 3. The van der Waals surface area contributed by atoms with E-state index < -0.39 is 97.5 Å². The van der Waals surface area contributed by atoms with Gasteiger partial charge in [-0.2, -0.15) is 0 Å². The molecule has 0 heterocycles. The van der Waals surface area contributed by atoms with Gasteiger partial charge in [-0.05, 0) is 37.5 Å². The molecule has 0 aromatic heterocycles. The highest BCUT2D eigenvalue weighted by atomic mass is 31.2. The van der Waals surface area contributed by atoms with Crippen LogP contribution in [0.15, 0.2) is 0 Å². The Morgan fingerprint density at radius 2 is 0.469 bits per heavy atom. The van der Waals surface area contributed by atoms with Crippen LogP contribution in [0.25, 0.3) is 0 Å². The van der Waals surface area contributed by atoms with Crippen molar-refractivity contribution in [2.45, 2.75) is 432 Å². The molecule has 0 aliphatic carbocycles. The van der Waals surface area contributed by atoms with Crippen molar-refractivity contribution in [2.75, 3.05) is 39.6 Å². The van der Waals surface area contributed by atoms with Crippen LogP contribution in [0.4, 0.5) is 0 Å². The molecule has 582 valence electrons. The highest BCUT2D eigenvalue weighted by Crippen LogP contribution is 2.45. The minimum atomic E-state index is -4.96. The van der Waals surface area contributed by atoms with Crippen LogP contribution in [0.5, 0.6) is 0 Å². The summed E-state index contributed by atoms with van der Waals surface area (Å²) < 4.78 is 68.6. The molecule has 19 heteroatoms. The third-order valence-electron chi connectivity index (χ3n) is 18.5. The van der Waals surface area contributed by atoms with Crippen LogP contribution < -0.4 is 0 Å². The summed E-state index contributed by atoms with van der Waals surface area (Å²) in [5.41, 5.74) is 0. The van der Waals surface area contributed by atoms with Crippen molar-refractivity contribution in [1.29, 1.82) is 0 Å². The molecule has 2 unspecified atom stereocenters. The van der Waals surface area contributed by atoms with Gasteiger partial charge in [-0.1, -0.05) is 363 Å². The van der Waals surface area contributed by atoms with Gasteiger partial charge in [0.2, 0.25) is 0 Å². The van der Waals surface area contributed by atoms with E-state index in [1.807, 2.05) is 0 Å². The van der Waals surface area contributed by atoms with Crippen LogP contribution in [0, 0.1) is 11.8 Å². The number of aliphatic hydroxyl groups excluding tert-OH is 1. The lowest BCUT2D eigenvalue weighted by Crippen LogP contribution is -2.30. The summed E-state index contributed by atoms with van der Waals surface area (Å²) in [5.74, 6) is -0.555. The number of carbonyl (C=O) groups is 4. The second kappa shape index (κ2) is 70.7. The molecule has 5 atom stereocenters. The molecule has 98 heavy (non-hydrogen) atoms. The van der Waals surface area contributed by atoms with E-state index in [1.165, 1.54) is 225 Å². The van der Waals surface area contributed by atoms with Crippen LogP contribution in [0.3, 0.4) is 0 Å². The van der Waals surface area contributed by atoms with E-state index in [9.17, 15) is 43.2 Å². The highest BCUT2D eigenvalue weighted by molar-refractivity contribution is 7.47. The first-order chi connectivity index (χ1) is 47.4. The molecule has 0 rings (SSSR count). The summed E-state index contributed by atoms with van der Waals surface area (Å²) in [7, 11) is -9.91. The number of hydrogen-bond acceptors (Lipinski definition) is 15. The fourth-order valence-corrected chi connectivity index (χ4v) is 13.8. The maximum atomic E-state index is 13.1. The normalized spacial score (nSPS) is 13.9. The number of phosphoric acid groups is 2. The van der Waals surface area contributed by atoms with E-state index >= 15 is 0 Å². The van der Waals surface area contributed by atoms with Gasteiger partial charge in [0.25, 0.3) is 0 Å². The number of rotatable bonds is 78. The van der Waals surface area contributed by atoms with Gasteiger partial charge in [0, 0.05) is 25.7 Å². The van der Waals surface area contributed by atoms with Gasteiger partial charge in [0.15, 0.2) is 12.2 Å². The molecule has 0 amide bonds. The summed E-state index contributed by atoms with van der Waals surface area (Å²) in [6.45, 7) is 9.61. The van der Waals surface area contributed by atoms with Crippen LogP contribution in [0.1, 0.15) is 414 Å². The Kier molecular flexibility index (Phi) is 69.3. The first-order valence-corrected chi connectivity index (χ1v) is 44.0. The predicted octanol–water partition coefficient (Wildman–Crippen LogP) is 23.5. The fourth-order valence-electron chi connectivity index (χ4n) is 12.2. The van der Waals surface area contributed by atoms with Crippen molar-refractivity contribution >= 4 is 39.5 Å². The van der Waals surface area contributed by atoms with E-state index in [-0.39, 0.29) is 25.7 Å². The summed E-state index contributed by atoms with van der Waals surface area (Å²) in [4.78, 5) is 72.9. The Morgan fingerprint density at radius 3 is 0.694 bits per heavy atom. The van der Waals surface area contributed by atoms with Crippen molar-refractivity contribution in [3.8, 4) is 0 Å². The molecule has 0 radical (unpaired) electrons. The zero-order chi connectivity index (χ0) is 72.1. The molecule has 0 aliphatic heterocycles. The Labute approximate surface area is 600 Å². The molecule has 0 saturated heterocycles. The Bertz CT molecular complexity index is 1890. The van der Waals surface area contributed by atoms with Gasteiger partial charge in [-0.15, -0.1) is 0 Å². The molecule has 0 aromatic rings. The molecule has 0 saturated carbocycles. The van der Waals surface area contributed by atoms with Gasteiger partial charge >= 0.3 is 39.5 Å². The summed E-state index contributed by atoms with van der Waals surface area (Å²) in [5, 5.41) is 10.6.